The van der Waals surface area contributed by atoms with Gasteiger partial charge in [-0.3, -0.25) is 9.59 Å². The first-order valence-corrected chi connectivity index (χ1v) is 8.21. The van der Waals surface area contributed by atoms with Crippen LogP contribution in [0.3, 0.4) is 0 Å². The van der Waals surface area contributed by atoms with Gasteiger partial charge in [0.1, 0.15) is 0 Å². The van der Waals surface area contributed by atoms with E-state index in [0.29, 0.717) is 19.4 Å². The molecule has 0 bridgehead atoms. The fraction of sp³-hybridized carbons (Fsp3) is 0.857. The van der Waals surface area contributed by atoms with Gasteiger partial charge in [-0.15, -0.1) is 0 Å². The van der Waals surface area contributed by atoms with E-state index in [-0.39, 0.29) is 17.1 Å². The summed E-state index contributed by atoms with van der Waals surface area (Å²) in [6.45, 7) is 4.33. The Hall–Kier alpha value is -0.710. The maximum atomic E-state index is 12.0. The highest BCUT2D eigenvalue weighted by Crippen LogP contribution is 2.42. The highest BCUT2D eigenvalue weighted by molar-refractivity contribution is 8.00. The Balaban J connectivity index is 2.51. The molecule has 4 nitrogen and oxygen atoms in total. The number of carboxylic acid groups (broad SMARTS) is 1. The summed E-state index contributed by atoms with van der Waals surface area (Å²) in [6, 6.07) is 0. The predicted octanol–water partition coefficient (Wildman–Crippen LogP) is 2.67. The third-order valence-corrected chi connectivity index (χ3v) is 6.03. The van der Waals surface area contributed by atoms with Crippen molar-refractivity contribution < 1.29 is 14.7 Å². The molecule has 2 N–H and O–H groups in total. The Morgan fingerprint density at radius 1 is 1.32 bits per heavy atom. The van der Waals surface area contributed by atoms with Crippen molar-refractivity contribution in [1.82, 2.24) is 5.32 Å². The van der Waals surface area contributed by atoms with Crippen LogP contribution in [-0.2, 0) is 9.59 Å². The number of aliphatic carboxylic acids is 1. The molecule has 0 aromatic carbocycles. The van der Waals surface area contributed by atoms with Crippen molar-refractivity contribution in [2.75, 3.05) is 12.8 Å². The first-order chi connectivity index (χ1) is 8.93. The molecular weight excluding hydrogens is 262 g/mol. The van der Waals surface area contributed by atoms with Crippen LogP contribution >= 0.6 is 11.8 Å². The van der Waals surface area contributed by atoms with E-state index in [1.54, 1.807) is 11.8 Å². The molecule has 1 amide bonds. The van der Waals surface area contributed by atoms with Gasteiger partial charge in [0.2, 0.25) is 5.91 Å². The minimum absolute atomic E-state index is 0.0831. The van der Waals surface area contributed by atoms with Gasteiger partial charge in [0.05, 0.1) is 5.41 Å². The summed E-state index contributed by atoms with van der Waals surface area (Å²) in [6.07, 6.45) is 6.63. The number of amides is 1. The van der Waals surface area contributed by atoms with Gasteiger partial charge in [-0.05, 0) is 31.9 Å². The quantitative estimate of drug-likeness (QED) is 0.720. The van der Waals surface area contributed by atoms with Gasteiger partial charge in [0, 0.05) is 17.7 Å². The maximum absolute atomic E-state index is 12.0. The Morgan fingerprint density at radius 2 is 1.89 bits per heavy atom. The first kappa shape index (κ1) is 16.3. The maximum Gasteiger partial charge on any atom is 0.310 e. The van der Waals surface area contributed by atoms with E-state index in [1.165, 1.54) is 6.42 Å². The van der Waals surface area contributed by atoms with Crippen LogP contribution in [0.1, 0.15) is 52.4 Å². The van der Waals surface area contributed by atoms with Crippen LogP contribution in [0.4, 0.5) is 0 Å². The first-order valence-electron chi connectivity index (χ1n) is 6.99. The van der Waals surface area contributed by atoms with Crippen LogP contribution in [0.2, 0.25) is 0 Å². The number of nitrogens with one attached hydrogen (secondary N) is 1. The van der Waals surface area contributed by atoms with Crippen molar-refractivity contribution in [1.29, 1.82) is 0 Å². The topological polar surface area (TPSA) is 66.4 Å². The van der Waals surface area contributed by atoms with Crippen LogP contribution in [0, 0.1) is 5.41 Å². The van der Waals surface area contributed by atoms with Gasteiger partial charge < -0.3 is 10.4 Å². The van der Waals surface area contributed by atoms with E-state index >= 15 is 0 Å². The smallest absolute Gasteiger partial charge is 0.310 e. The van der Waals surface area contributed by atoms with Crippen molar-refractivity contribution in [3.8, 4) is 0 Å². The average molecular weight is 287 g/mol. The number of rotatable bonds is 8. The van der Waals surface area contributed by atoms with E-state index in [9.17, 15) is 14.7 Å². The lowest BCUT2D eigenvalue weighted by Gasteiger charge is -2.40. The fourth-order valence-electron chi connectivity index (χ4n) is 2.53. The standard InChI is InChI=1S/C14H25NO3S/c1-4-13(5-2,12(17)18)9-11(16)15-10-14(19-3)7-6-8-14/h4-10H2,1-3H3,(H,15,16)(H,17,18). The van der Waals surface area contributed by atoms with Crippen molar-refractivity contribution in [2.24, 2.45) is 5.41 Å². The summed E-state index contributed by atoms with van der Waals surface area (Å²) in [5.74, 6) is -0.998. The Morgan fingerprint density at radius 3 is 2.21 bits per heavy atom. The molecule has 0 radical (unpaired) electrons. The molecule has 0 unspecified atom stereocenters. The molecule has 0 aromatic rings. The van der Waals surface area contributed by atoms with Crippen LogP contribution in [0.15, 0.2) is 0 Å². The molecule has 19 heavy (non-hydrogen) atoms. The van der Waals surface area contributed by atoms with Crippen molar-refractivity contribution >= 4 is 23.6 Å². The summed E-state index contributed by atoms with van der Waals surface area (Å²) in [5.41, 5.74) is -0.907. The predicted molar refractivity (Wildman–Crippen MR) is 78.4 cm³/mol. The lowest BCUT2D eigenvalue weighted by molar-refractivity contribution is -0.152. The molecule has 1 aliphatic carbocycles. The molecule has 0 heterocycles. The van der Waals surface area contributed by atoms with E-state index in [2.05, 4.69) is 11.6 Å². The molecule has 0 aliphatic heterocycles. The lowest BCUT2D eigenvalue weighted by Crippen LogP contribution is -2.46. The zero-order valence-electron chi connectivity index (χ0n) is 12.1. The molecule has 1 fully saturated rings. The minimum Gasteiger partial charge on any atom is -0.481 e. The van der Waals surface area contributed by atoms with Crippen LogP contribution in [0.25, 0.3) is 0 Å². The zero-order chi connectivity index (χ0) is 14.5. The monoisotopic (exact) mass is 287 g/mol. The summed E-state index contributed by atoms with van der Waals surface area (Å²) >= 11 is 1.81. The summed E-state index contributed by atoms with van der Waals surface area (Å²) in [7, 11) is 0. The lowest BCUT2D eigenvalue weighted by atomic mass is 9.79. The second-order valence-electron chi connectivity index (χ2n) is 5.49. The Labute approximate surface area is 119 Å². The molecule has 0 atom stereocenters. The van der Waals surface area contributed by atoms with Gasteiger partial charge in [-0.2, -0.15) is 11.8 Å². The normalized spacial score (nSPS) is 17.6. The van der Waals surface area contributed by atoms with Gasteiger partial charge in [0.25, 0.3) is 0 Å². The fourth-order valence-corrected chi connectivity index (χ4v) is 3.45. The van der Waals surface area contributed by atoms with Crippen LogP contribution in [-0.4, -0.2) is 34.5 Å². The average Bonchev–Trinajstić information content (AvgIpc) is 2.35. The van der Waals surface area contributed by atoms with Gasteiger partial charge >= 0.3 is 5.97 Å². The SMILES string of the molecule is CCC(CC)(CC(=O)NCC1(SC)CCC1)C(=O)O. The minimum atomic E-state index is -0.907. The summed E-state index contributed by atoms with van der Waals surface area (Å²) < 4.78 is 0.194. The van der Waals surface area contributed by atoms with Crippen LogP contribution < -0.4 is 5.32 Å². The Bertz CT molecular complexity index is 330. The number of carbonyl (C=O) groups excluding carboxylic acids is 1. The summed E-state index contributed by atoms with van der Waals surface area (Å²) in [5, 5.41) is 12.3. The second kappa shape index (κ2) is 6.64. The number of hydrogen-bond donors (Lipinski definition) is 2. The molecule has 5 heteroatoms. The van der Waals surface area contributed by atoms with Gasteiger partial charge in [-0.1, -0.05) is 20.3 Å². The summed E-state index contributed by atoms with van der Waals surface area (Å²) in [4.78, 5) is 23.4. The molecular formula is C14H25NO3S. The molecule has 110 valence electrons. The number of thioether (sulfide) groups is 1. The van der Waals surface area contributed by atoms with Gasteiger partial charge in [-0.25, -0.2) is 0 Å². The highest BCUT2D eigenvalue weighted by atomic mass is 32.2. The van der Waals surface area contributed by atoms with Crippen molar-refractivity contribution in [3.05, 3.63) is 0 Å². The van der Waals surface area contributed by atoms with Crippen molar-refractivity contribution in [3.63, 3.8) is 0 Å². The molecule has 1 aliphatic rings. The number of carboxylic acids is 1. The van der Waals surface area contributed by atoms with Crippen molar-refractivity contribution in [2.45, 2.75) is 57.1 Å². The zero-order valence-corrected chi connectivity index (χ0v) is 12.9. The second-order valence-corrected chi connectivity index (χ2v) is 6.76. The third kappa shape index (κ3) is 3.65. The highest BCUT2D eigenvalue weighted by Gasteiger charge is 2.39. The number of hydrogen-bond acceptors (Lipinski definition) is 3. The number of carbonyl (C=O) groups is 2. The molecule has 1 saturated carbocycles. The van der Waals surface area contributed by atoms with E-state index in [4.69, 9.17) is 0 Å². The molecule has 0 spiro atoms. The van der Waals surface area contributed by atoms with Gasteiger partial charge in [0.15, 0.2) is 0 Å². The Kier molecular flexibility index (Phi) is 5.71. The third-order valence-electron chi connectivity index (χ3n) is 4.61. The van der Waals surface area contributed by atoms with E-state index in [0.717, 1.165) is 12.8 Å². The van der Waals surface area contributed by atoms with Crippen LogP contribution in [0.5, 0.6) is 0 Å². The largest absolute Gasteiger partial charge is 0.481 e. The molecule has 0 aromatic heterocycles. The molecule has 1 rings (SSSR count). The van der Waals surface area contributed by atoms with E-state index in [1.807, 2.05) is 13.8 Å². The van der Waals surface area contributed by atoms with E-state index < -0.39 is 11.4 Å². The molecule has 0 saturated heterocycles.